The summed E-state index contributed by atoms with van der Waals surface area (Å²) in [5.41, 5.74) is -0.164. The van der Waals surface area contributed by atoms with Crippen LogP contribution in [-0.4, -0.2) is 15.6 Å². The molecule has 0 atom stereocenters. The largest absolute Gasteiger partial charge is 0.294 e. The second-order valence-electron chi connectivity index (χ2n) is 6.10. The second-order valence-corrected chi connectivity index (χ2v) is 6.10. The lowest BCUT2D eigenvalue weighted by molar-refractivity contribution is 0.0937. The van der Waals surface area contributed by atoms with Gasteiger partial charge in [-0.2, -0.15) is 9.78 Å². The van der Waals surface area contributed by atoms with E-state index in [-0.39, 0.29) is 23.2 Å². The number of nitrogens with zero attached hydrogens (tertiary/aromatic N) is 2. The van der Waals surface area contributed by atoms with Crippen molar-refractivity contribution in [1.29, 1.82) is 0 Å². The fourth-order valence-electron chi connectivity index (χ4n) is 1.97. The molecule has 2 rings (SSSR count). The van der Waals surface area contributed by atoms with E-state index in [9.17, 15) is 14.0 Å². The highest BCUT2D eigenvalue weighted by Crippen LogP contribution is 2.20. The number of Topliss-reactive ketones (excluding diaryl/α,β-unsaturated/α-hetero) is 1. The summed E-state index contributed by atoms with van der Waals surface area (Å²) >= 11 is 0. The molecular weight excluding hydrogens is 271 g/mol. The average Bonchev–Trinajstić information content (AvgIpc) is 2.38. The molecule has 0 amide bonds. The Bertz CT molecular complexity index is 712. The molecule has 0 aliphatic rings. The van der Waals surface area contributed by atoms with Gasteiger partial charge in [-0.05, 0) is 35.7 Å². The van der Waals surface area contributed by atoms with Gasteiger partial charge in [0.05, 0.1) is 11.3 Å². The third kappa shape index (κ3) is 3.62. The van der Waals surface area contributed by atoms with Crippen molar-refractivity contribution in [3.8, 4) is 5.69 Å². The van der Waals surface area contributed by atoms with E-state index in [0.29, 0.717) is 5.69 Å². The Kier molecular flexibility index (Phi) is 4.02. The van der Waals surface area contributed by atoms with Gasteiger partial charge < -0.3 is 0 Å². The molecule has 0 unspecified atom stereocenters. The number of aromatic nitrogens is 2. The van der Waals surface area contributed by atoms with Crippen molar-refractivity contribution in [2.24, 2.45) is 5.41 Å². The molecule has 0 aliphatic heterocycles. The lowest BCUT2D eigenvalue weighted by Crippen LogP contribution is -2.28. The number of ketones is 1. The molecule has 110 valence electrons. The highest BCUT2D eigenvalue weighted by atomic mass is 19.1. The van der Waals surface area contributed by atoms with Crippen LogP contribution in [0, 0.1) is 11.2 Å². The SMILES string of the molecule is CC(C)(C)CC(=O)c1ccnn(-c2ccc(F)cc2)c1=O. The first-order valence-electron chi connectivity index (χ1n) is 6.65. The van der Waals surface area contributed by atoms with Crippen LogP contribution in [0.5, 0.6) is 0 Å². The van der Waals surface area contributed by atoms with Crippen LogP contribution >= 0.6 is 0 Å². The summed E-state index contributed by atoms with van der Waals surface area (Å²) in [4.78, 5) is 24.6. The Balaban J connectivity index is 2.43. The van der Waals surface area contributed by atoms with E-state index in [0.717, 1.165) is 4.68 Å². The molecule has 0 saturated heterocycles. The smallest absolute Gasteiger partial charge is 0.282 e. The predicted octanol–water partition coefficient (Wildman–Crippen LogP) is 2.99. The summed E-state index contributed by atoms with van der Waals surface area (Å²) in [6, 6.07) is 6.81. The van der Waals surface area contributed by atoms with Gasteiger partial charge in [-0.1, -0.05) is 20.8 Å². The Hall–Kier alpha value is -2.30. The third-order valence-corrected chi connectivity index (χ3v) is 2.91. The number of benzene rings is 1. The van der Waals surface area contributed by atoms with Crippen LogP contribution in [0.1, 0.15) is 37.6 Å². The van der Waals surface area contributed by atoms with Crippen LogP contribution in [0.3, 0.4) is 0 Å². The lowest BCUT2D eigenvalue weighted by Gasteiger charge is -2.16. The molecule has 0 aliphatic carbocycles. The predicted molar refractivity (Wildman–Crippen MR) is 78.2 cm³/mol. The molecule has 1 heterocycles. The molecule has 0 radical (unpaired) electrons. The van der Waals surface area contributed by atoms with Crippen LogP contribution in [0.25, 0.3) is 5.69 Å². The summed E-state index contributed by atoms with van der Waals surface area (Å²) in [5.74, 6) is -0.613. The molecule has 4 nitrogen and oxygen atoms in total. The number of hydrogen-bond donors (Lipinski definition) is 0. The van der Waals surface area contributed by atoms with Gasteiger partial charge in [0.2, 0.25) is 0 Å². The van der Waals surface area contributed by atoms with E-state index >= 15 is 0 Å². The number of halogens is 1. The van der Waals surface area contributed by atoms with Crippen molar-refractivity contribution in [1.82, 2.24) is 9.78 Å². The fraction of sp³-hybridized carbons (Fsp3) is 0.312. The number of carbonyl (C=O) groups is 1. The Morgan fingerprint density at radius 1 is 1.19 bits per heavy atom. The van der Waals surface area contributed by atoms with Crippen LogP contribution in [-0.2, 0) is 0 Å². The van der Waals surface area contributed by atoms with Gasteiger partial charge in [-0.25, -0.2) is 4.39 Å². The maximum absolute atomic E-state index is 12.9. The summed E-state index contributed by atoms with van der Waals surface area (Å²) in [6.45, 7) is 5.81. The first-order valence-corrected chi connectivity index (χ1v) is 6.65. The van der Waals surface area contributed by atoms with E-state index in [1.54, 1.807) is 0 Å². The number of hydrogen-bond acceptors (Lipinski definition) is 3. The van der Waals surface area contributed by atoms with Gasteiger partial charge in [0.15, 0.2) is 5.78 Å². The van der Waals surface area contributed by atoms with Crippen LogP contribution < -0.4 is 5.56 Å². The molecule has 0 N–H and O–H groups in total. The zero-order valence-electron chi connectivity index (χ0n) is 12.3. The summed E-state index contributed by atoms with van der Waals surface area (Å²) in [5, 5.41) is 3.95. The zero-order chi connectivity index (χ0) is 15.6. The normalized spacial score (nSPS) is 11.4. The minimum atomic E-state index is -0.488. The molecule has 0 saturated carbocycles. The standard InChI is InChI=1S/C16H17FN2O2/c1-16(2,3)10-14(20)13-8-9-18-19(15(13)21)12-6-4-11(17)5-7-12/h4-9H,10H2,1-3H3. The van der Waals surface area contributed by atoms with E-state index in [4.69, 9.17) is 0 Å². The fourth-order valence-corrected chi connectivity index (χ4v) is 1.97. The van der Waals surface area contributed by atoms with Gasteiger partial charge in [0.25, 0.3) is 5.56 Å². The molecule has 5 heteroatoms. The van der Waals surface area contributed by atoms with Gasteiger partial charge in [0.1, 0.15) is 5.82 Å². The third-order valence-electron chi connectivity index (χ3n) is 2.91. The van der Waals surface area contributed by atoms with Crippen molar-refractivity contribution in [2.75, 3.05) is 0 Å². The second kappa shape index (κ2) is 5.60. The van der Waals surface area contributed by atoms with Gasteiger partial charge >= 0.3 is 0 Å². The minimum absolute atomic E-state index is 0.101. The lowest BCUT2D eigenvalue weighted by atomic mass is 9.88. The molecular formula is C16H17FN2O2. The van der Waals surface area contributed by atoms with E-state index in [1.165, 1.54) is 36.5 Å². The first kappa shape index (κ1) is 15.1. The molecule has 0 bridgehead atoms. The highest BCUT2D eigenvalue weighted by molar-refractivity contribution is 5.96. The average molecular weight is 288 g/mol. The highest BCUT2D eigenvalue weighted by Gasteiger charge is 2.20. The van der Waals surface area contributed by atoms with Gasteiger partial charge in [-0.3, -0.25) is 9.59 Å². The van der Waals surface area contributed by atoms with Gasteiger partial charge in [0, 0.05) is 12.6 Å². The van der Waals surface area contributed by atoms with Crippen LogP contribution in [0.2, 0.25) is 0 Å². The van der Waals surface area contributed by atoms with Gasteiger partial charge in [-0.15, -0.1) is 0 Å². The van der Waals surface area contributed by atoms with Crippen molar-refractivity contribution in [3.63, 3.8) is 0 Å². The molecule has 0 fully saturated rings. The summed E-state index contributed by atoms with van der Waals surface area (Å²) in [7, 11) is 0. The molecule has 0 spiro atoms. The molecule has 1 aromatic heterocycles. The molecule has 2 aromatic rings. The Morgan fingerprint density at radius 3 is 2.38 bits per heavy atom. The maximum Gasteiger partial charge on any atom is 0.282 e. The summed E-state index contributed by atoms with van der Waals surface area (Å²) < 4.78 is 14.0. The summed E-state index contributed by atoms with van der Waals surface area (Å²) in [6.07, 6.45) is 1.68. The Labute approximate surface area is 122 Å². The van der Waals surface area contributed by atoms with Crippen molar-refractivity contribution in [2.45, 2.75) is 27.2 Å². The topological polar surface area (TPSA) is 52.0 Å². The van der Waals surface area contributed by atoms with E-state index in [1.807, 2.05) is 20.8 Å². The minimum Gasteiger partial charge on any atom is -0.294 e. The van der Waals surface area contributed by atoms with E-state index < -0.39 is 11.4 Å². The van der Waals surface area contributed by atoms with Crippen molar-refractivity contribution in [3.05, 3.63) is 58.3 Å². The molecule has 1 aromatic carbocycles. The Morgan fingerprint density at radius 2 is 1.81 bits per heavy atom. The quantitative estimate of drug-likeness (QED) is 0.816. The van der Waals surface area contributed by atoms with Crippen LogP contribution in [0.15, 0.2) is 41.3 Å². The number of carbonyl (C=O) groups excluding carboxylic acids is 1. The van der Waals surface area contributed by atoms with Crippen molar-refractivity contribution < 1.29 is 9.18 Å². The number of rotatable bonds is 3. The zero-order valence-corrected chi connectivity index (χ0v) is 12.3. The maximum atomic E-state index is 12.9. The molecule has 21 heavy (non-hydrogen) atoms. The van der Waals surface area contributed by atoms with Crippen molar-refractivity contribution >= 4 is 5.78 Å². The first-order chi connectivity index (χ1) is 9.78. The van der Waals surface area contributed by atoms with Crippen LogP contribution in [0.4, 0.5) is 4.39 Å². The monoisotopic (exact) mass is 288 g/mol. The van der Waals surface area contributed by atoms with E-state index in [2.05, 4.69) is 5.10 Å².